The maximum absolute atomic E-state index is 12.5. The number of nitrogens with zero attached hydrogens (tertiary/aromatic N) is 3. The van der Waals surface area contributed by atoms with Gasteiger partial charge < -0.3 is 18.7 Å². The highest BCUT2D eigenvalue weighted by Gasteiger charge is 2.24. The Morgan fingerprint density at radius 3 is 2.60 bits per heavy atom. The van der Waals surface area contributed by atoms with Gasteiger partial charge in [-0.25, -0.2) is 4.98 Å². The minimum Gasteiger partial charge on any atom is -0.361 e. The molecule has 3 aromatic heterocycles. The van der Waals surface area contributed by atoms with E-state index < -0.39 is 8.07 Å². The van der Waals surface area contributed by atoms with Crippen molar-refractivity contribution in [3.63, 3.8) is 0 Å². The fourth-order valence-electron chi connectivity index (χ4n) is 4.36. The highest BCUT2D eigenvalue weighted by Crippen LogP contribution is 2.34. The molecule has 160 valence electrons. The zero-order chi connectivity index (χ0) is 21.3. The van der Waals surface area contributed by atoms with E-state index >= 15 is 0 Å². The van der Waals surface area contributed by atoms with E-state index in [4.69, 9.17) is 4.74 Å². The van der Waals surface area contributed by atoms with Gasteiger partial charge >= 0.3 is 0 Å². The summed E-state index contributed by atoms with van der Waals surface area (Å²) >= 11 is 0. The van der Waals surface area contributed by atoms with E-state index in [1.54, 1.807) is 12.3 Å². The molecule has 0 bridgehead atoms. The van der Waals surface area contributed by atoms with E-state index in [0.717, 1.165) is 61.2 Å². The van der Waals surface area contributed by atoms with E-state index in [9.17, 15) is 9.59 Å². The number of hydrogen-bond donors (Lipinski definition) is 0. The van der Waals surface area contributed by atoms with Gasteiger partial charge in [0.1, 0.15) is 18.7 Å². The Kier molecular flexibility index (Phi) is 5.93. The quantitative estimate of drug-likeness (QED) is 0.315. The number of carbonyl (C=O) groups excluding carboxylic acids is 1. The number of pyridine rings is 2. The van der Waals surface area contributed by atoms with E-state index in [-0.39, 0.29) is 11.3 Å². The molecule has 1 aliphatic rings. The van der Waals surface area contributed by atoms with Crippen LogP contribution in [-0.2, 0) is 16.3 Å². The molecule has 0 saturated heterocycles. The molecular formula is C23H31N3O3Si. The molecule has 0 aromatic carbocycles. The van der Waals surface area contributed by atoms with Crippen molar-refractivity contribution in [1.29, 1.82) is 0 Å². The average Bonchev–Trinajstić information content (AvgIpc) is 3.14. The van der Waals surface area contributed by atoms with Crippen molar-refractivity contribution in [3.05, 3.63) is 40.9 Å². The number of fused-ring (bicyclic) bond motifs is 3. The molecule has 0 radical (unpaired) electrons. The third kappa shape index (κ3) is 4.27. The smallest absolute Gasteiger partial charge is 0.190 e. The molecule has 7 heteroatoms. The van der Waals surface area contributed by atoms with Crippen LogP contribution in [0.4, 0.5) is 0 Å². The van der Waals surface area contributed by atoms with Crippen molar-refractivity contribution in [1.82, 2.24) is 14.1 Å². The summed E-state index contributed by atoms with van der Waals surface area (Å²) in [6.45, 7) is 8.26. The second kappa shape index (κ2) is 8.47. The number of hydrogen-bond acceptors (Lipinski definition) is 4. The summed E-state index contributed by atoms with van der Waals surface area (Å²) in [6, 6.07) is 5.11. The summed E-state index contributed by atoms with van der Waals surface area (Å²) < 4.78 is 10.2. The van der Waals surface area contributed by atoms with Crippen LogP contribution in [0, 0.1) is 5.92 Å². The molecule has 3 aromatic rings. The van der Waals surface area contributed by atoms with Gasteiger partial charge in [0.2, 0.25) is 0 Å². The standard InChI is InChI=1S/C23H31N3O3Si/c1-30(2,3)13-12-29-16-25-10-8-19-22-20(14-24-23(19)25)21(28)9-11-26(22)18-6-4-17(15-27)5-7-18/h8-11,14-15,17-18H,4-7,12-13,16H2,1-3H3. The van der Waals surface area contributed by atoms with Gasteiger partial charge in [0, 0.05) is 56.7 Å². The normalized spacial score (nSPS) is 20.1. The first-order chi connectivity index (χ1) is 14.4. The second-order valence-corrected chi connectivity index (χ2v) is 15.3. The number of carbonyl (C=O) groups is 1. The second-order valence-electron chi connectivity index (χ2n) is 9.68. The monoisotopic (exact) mass is 425 g/mol. The molecule has 6 nitrogen and oxygen atoms in total. The van der Waals surface area contributed by atoms with Crippen molar-refractivity contribution >= 4 is 36.3 Å². The van der Waals surface area contributed by atoms with Crippen LogP contribution >= 0.6 is 0 Å². The summed E-state index contributed by atoms with van der Waals surface area (Å²) in [5.41, 5.74) is 1.79. The molecule has 0 atom stereocenters. The third-order valence-corrected chi connectivity index (χ3v) is 7.93. The number of ether oxygens (including phenoxy) is 1. The molecule has 0 aliphatic heterocycles. The predicted molar refractivity (Wildman–Crippen MR) is 123 cm³/mol. The van der Waals surface area contributed by atoms with Gasteiger partial charge in [-0.05, 0) is 37.8 Å². The zero-order valence-electron chi connectivity index (χ0n) is 18.1. The third-order valence-electron chi connectivity index (χ3n) is 6.22. The molecule has 3 heterocycles. The molecule has 0 N–H and O–H groups in total. The SMILES string of the molecule is C[Si](C)(C)CCOCn1ccc2c1ncc1c(=O)ccn(C3CCC(C=O)CC3)c12. The maximum Gasteiger partial charge on any atom is 0.190 e. The van der Waals surface area contributed by atoms with Crippen molar-refractivity contribution in [2.24, 2.45) is 5.92 Å². The van der Waals surface area contributed by atoms with Gasteiger partial charge in [0.25, 0.3) is 0 Å². The fourth-order valence-corrected chi connectivity index (χ4v) is 5.12. The van der Waals surface area contributed by atoms with Gasteiger partial charge in [-0.3, -0.25) is 4.79 Å². The lowest BCUT2D eigenvalue weighted by atomic mass is 9.86. The van der Waals surface area contributed by atoms with Gasteiger partial charge in [-0.2, -0.15) is 0 Å². The molecule has 1 saturated carbocycles. The van der Waals surface area contributed by atoms with E-state index in [0.29, 0.717) is 18.2 Å². The summed E-state index contributed by atoms with van der Waals surface area (Å²) in [5, 5.41) is 1.64. The predicted octanol–water partition coefficient (Wildman–Crippen LogP) is 4.59. The van der Waals surface area contributed by atoms with Gasteiger partial charge in [-0.1, -0.05) is 19.6 Å². The van der Waals surface area contributed by atoms with Crippen molar-refractivity contribution in [3.8, 4) is 0 Å². The van der Waals surface area contributed by atoms with Crippen LogP contribution in [0.2, 0.25) is 25.7 Å². The first-order valence-electron chi connectivity index (χ1n) is 10.9. The van der Waals surface area contributed by atoms with Crippen LogP contribution in [0.5, 0.6) is 0 Å². The fraction of sp³-hybridized carbons (Fsp3) is 0.522. The Labute approximate surface area is 177 Å². The molecule has 4 rings (SSSR count). The van der Waals surface area contributed by atoms with Crippen LogP contribution in [0.3, 0.4) is 0 Å². The van der Waals surface area contributed by atoms with E-state index in [2.05, 4.69) is 29.2 Å². The summed E-state index contributed by atoms with van der Waals surface area (Å²) in [7, 11) is -1.12. The number of rotatable bonds is 7. The first kappa shape index (κ1) is 21.0. The first-order valence-corrected chi connectivity index (χ1v) is 14.6. The highest BCUT2D eigenvalue weighted by molar-refractivity contribution is 6.76. The summed E-state index contributed by atoms with van der Waals surface area (Å²) in [6.07, 6.45) is 10.4. The molecule has 0 unspecified atom stereocenters. The maximum atomic E-state index is 12.5. The molecule has 1 aliphatic carbocycles. The number of aldehydes is 1. The van der Waals surface area contributed by atoms with Crippen LogP contribution in [0.15, 0.2) is 35.5 Å². The van der Waals surface area contributed by atoms with Gasteiger partial charge in [0.15, 0.2) is 5.43 Å². The Bertz CT molecular complexity index is 1100. The minimum atomic E-state index is -1.12. The zero-order valence-corrected chi connectivity index (χ0v) is 19.1. The topological polar surface area (TPSA) is 66.1 Å². The molecule has 1 fully saturated rings. The highest BCUT2D eigenvalue weighted by atomic mass is 28.3. The lowest BCUT2D eigenvalue weighted by molar-refractivity contribution is -0.112. The average molecular weight is 426 g/mol. The summed E-state index contributed by atoms with van der Waals surface area (Å²) in [4.78, 5) is 28.3. The number of aromatic nitrogens is 3. The van der Waals surface area contributed by atoms with E-state index in [1.165, 1.54) is 0 Å². The Hall–Kier alpha value is -2.25. The Balaban J connectivity index is 1.67. The van der Waals surface area contributed by atoms with Crippen LogP contribution < -0.4 is 5.43 Å². The van der Waals surface area contributed by atoms with Crippen molar-refractivity contribution in [2.75, 3.05) is 6.61 Å². The Morgan fingerprint density at radius 2 is 1.90 bits per heavy atom. The van der Waals surface area contributed by atoms with Crippen LogP contribution in [0.1, 0.15) is 31.7 Å². The van der Waals surface area contributed by atoms with Crippen molar-refractivity contribution < 1.29 is 9.53 Å². The molecular weight excluding hydrogens is 394 g/mol. The molecule has 30 heavy (non-hydrogen) atoms. The molecule has 0 spiro atoms. The molecule has 0 amide bonds. The largest absolute Gasteiger partial charge is 0.361 e. The lowest BCUT2D eigenvalue weighted by Crippen LogP contribution is -2.22. The lowest BCUT2D eigenvalue weighted by Gasteiger charge is -2.29. The van der Waals surface area contributed by atoms with E-state index in [1.807, 2.05) is 23.0 Å². The van der Waals surface area contributed by atoms with Crippen LogP contribution in [-0.4, -0.2) is 35.1 Å². The van der Waals surface area contributed by atoms with Gasteiger partial charge in [-0.15, -0.1) is 0 Å². The Morgan fingerprint density at radius 1 is 1.13 bits per heavy atom. The van der Waals surface area contributed by atoms with Crippen molar-refractivity contribution in [2.45, 2.75) is 64.1 Å². The van der Waals surface area contributed by atoms with Gasteiger partial charge in [0.05, 0.1) is 10.9 Å². The summed E-state index contributed by atoms with van der Waals surface area (Å²) in [5.74, 6) is 0.169. The van der Waals surface area contributed by atoms with Crippen LogP contribution in [0.25, 0.3) is 21.9 Å². The minimum absolute atomic E-state index is 0.00337.